The summed E-state index contributed by atoms with van der Waals surface area (Å²) in [5.41, 5.74) is 1.18. The van der Waals surface area contributed by atoms with Gasteiger partial charge in [-0.1, -0.05) is 22.0 Å². The first kappa shape index (κ1) is 14.9. The lowest BCUT2D eigenvalue weighted by atomic mass is 9.93. The van der Waals surface area contributed by atoms with Crippen LogP contribution in [0.5, 0.6) is 0 Å². The maximum Gasteiger partial charge on any atom is 0.124 e. The number of benzene rings is 1. The maximum absolute atomic E-state index is 13.0. The van der Waals surface area contributed by atoms with Gasteiger partial charge in [-0.15, -0.1) is 0 Å². The fourth-order valence-electron chi connectivity index (χ4n) is 2.67. The first-order valence-corrected chi connectivity index (χ1v) is 7.79. The van der Waals surface area contributed by atoms with Crippen molar-refractivity contribution in [1.29, 1.82) is 0 Å². The molecule has 1 saturated heterocycles. The molecular formula is C15H22BrFN2. The van der Waals surface area contributed by atoms with Gasteiger partial charge in [-0.2, -0.15) is 0 Å². The van der Waals surface area contributed by atoms with Crippen molar-refractivity contribution in [1.82, 2.24) is 10.2 Å². The lowest BCUT2D eigenvalue weighted by Gasteiger charge is -2.32. The van der Waals surface area contributed by atoms with Crippen LogP contribution in [0.1, 0.15) is 24.8 Å². The molecule has 2 nitrogen and oxygen atoms in total. The van der Waals surface area contributed by atoms with Crippen LogP contribution in [0.15, 0.2) is 22.7 Å². The predicted octanol–water partition coefficient (Wildman–Crippen LogP) is 3.41. The van der Waals surface area contributed by atoms with E-state index < -0.39 is 0 Å². The normalized spacial score (nSPS) is 17.8. The second-order valence-electron chi connectivity index (χ2n) is 5.35. The predicted molar refractivity (Wildman–Crippen MR) is 80.6 cm³/mol. The van der Waals surface area contributed by atoms with Gasteiger partial charge in [-0.3, -0.25) is 4.90 Å². The van der Waals surface area contributed by atoms with Crippen LogP contribution in [-0.2, 0) is 6.54 Å². The Labute approximate surface area is 123 Å². The van der Waals surface area contributed by atoms with Gasteiger partial charge in [0.15, 0.2) is 0 Å². The van der Waals surface area contributed by atoms with Gasteiger partial charge in [0.25, 0.3) is 0 Å². The smallest absolute Gasteiger partial charge is 0.124 e. The molecule has 1 aromatic carbocycles. The van der Waals surface area contributed by atoms with Crippen molar-refractivity contribution in [3.8, 4) is 0 Å². The molecule has 1 aliphatic heterocycles. The fourth-order valence-corrected chi connectivity index (χ4v) is 3.15. The highest BCUT2D eigenvalue weighted by Gasteiger charge is 2.19. The topological polar surface area (TPSA) is 15.3 Å². The second-order valence-corrected chi connectivity index (χ2v) is 6.20. The van der Waals surface area contributed by atoms with E-state index in [2.05, 4.69) is 26.1 Å². The molecule has 2 rings (SSSR count). The van der Waals surface area contributed by atoms with E-state index in [0.717, 1.165) is 36.6 Å². The van der Waals surface area contributed by atoms with Crippen LogP contribution in [0.2, 0.25) is 0 Å². The Kier molecular flexibility index (Phi) is 5.79. The Morgan fingerprint density at radius 1 is 1.37 bits per heavy atom. The number of hydrogen-bond donors (Lipinski definition) is 1. The standard InChI is InChI=1S/C15H22BrFN2/c1-18-7-4-12-5-8-19(9-6-12)11-13-2-3-14(17)10-15(13)16/h2-3,10,12,18H,4-9,11H2,1H3. The molecule has 1 N–H and O–H groups in total. The molecule has 0 aromatic heterocycles. The molecule has 1 aromatic rings. The molecule has 0 bridgehead atoms. The molecule has 0 atom stereocenters. The summed E-state index contributed by atoms with van der Waals surface area (Å²) < 4.78 is 13.9. The highest BCUT2D eigenvalue weighted by Crippen LogP contribution is 2.24. The van der Waals surface area contributed by atoms with Gasteiger partial charge in [0, 0.05) is 11.0 Å². The van der Waals surface area contributed by atoms with E-state index in [0.29, 0.717) is 0 Å². The zero-order valence-corrected chi connectivity index (χ0v) is 13.0. The number of piperidine rings is 1. The summed E-state index contributed by atoms with van der Waals surface area (Å²) in [7, 11) is 2.02. The Balaban J connectivity index is 1.82. The molecular weight excluding hydrogens is 307 g/mol. The fraction of sp³-hybridized carbons (Fsp3) is 0.600. The Hall–Kier alpha value is -0.450. The van der Waals surface area contributed by atoms with Gasteiger partial charge in [0.2, 0.25) is 0 Å². The number of hydrogen-bond acceptors (Lipinski definition) is 2. The third-order valence-corrected chi connectivity index (χ3v) is 4.66. The van der Waals surface area contributed by atoms with Gasteiger partial charge in [-0.05, 0) is 69.6 Å². The van der Waals surface area contributed by atoms with Gasteiger partial charge in [0.1, 0.15) is 5.82 Å². The monoisotopic (exact) mass is 328 g/mol. The molecule has 0 amide bonds. The molecule has 4 heteroatoms. The Morgan fingerprint density at radius 3 is 2.74 bits per heavy atom. The molecule has 106 valence electrons. The third-order valence-electron chi connectivity index (χ3n) is 3.92. The van der Waals surface area contributed by atoms with Crippen molar-refractivity contribution in [3.63, 3.8) is 0 Å². The van der Waals surface area contributed by atoms with E-state index in [1.807, 2.05) is 13.1 Å². The number of nitrogens with one attached hydrogen (secondary N) is 1. The van der Waals surface area contributed by atoms with Crippen LogP contribution in [-0.4, -0.2) is 31.6 Å². The van der Waals surface area contributed by atoms with E-state index in [9.17, 15) is 4.39 Å². The molecule has 0 unspecified atom stereocenters. The number of nitrogens with zero attached hydrogens (tertiary/aromatic N) is 1. The number of likely N-dealkylation sites (tertiary alicyclic amines) is 1. The Morgan fingerprint density at radius 2 is 2.11 bits per heavy atom. The molecule has 19 heavy (non-hydrogen) atoms. The van der Waals surface area contributed by atoms with E-state index in [1.54, 1.807) is 12.1 Å². The third kappa shape index (κ3) is 4.55. The van der Waals surface area contributed by atoms with Crippen molar-refractivity contribution in [2.45, 2.75) is 25.8 Å². The molecule has 0 saturated carbocycles. The van der Waals surface area contributed by atoms with Crippen LogP contribution in [0.3, 0.4) is 0 Å². The zero-order chi connectivity index (χ0) is 13.7. The molecule has 1 heterocycles. The molecule has 0 spiro atoms. The first-order valence-electron chi connectivity index (χ1n) is 7.00. The van der Waals surface area contributed by atoms with Crippen LogP contribution >= 0.6 is 15.9 Å². The van der Waals surface area contributed by atoms with Crippen molar-refractivity contribution < 1.29 is 4.39 Å². The van der Waals surface area contributed by atoms with Gasteiger partial charge in [-0.25, -0.2) is 4.39 Å². The summed E-state index contributed by atoms with van der Waals surface area (Å²) >= 11 is 3.45. The van der Waals surface area contributed by atoms with E-state index in [4.69, 9.17) is 0 Å². The zero-order valence-electron chi connectivity index (χ0n) is 11.5. The lowest BCUT2D eigenvalue weighted by Crippen LogP contribution is -2.34. The molecule has 1 aliphatic rings. The van der Waals surface area contributed by atoms with Gasteiger partial charge in [0.05, 0.1) is 0 Å². The quantitative estimate of drug-likeness (QED) is 0.891. The van der Waals surface area contributed by atoms with Gasteiger partial charge >= 0.3 is 0 Å². The summed E-state index contributed by atoms with van der Waals surface area (Å²) in [5, 5.41) is 3.22. The summed E-state index contributed by atoms with van der Waals surface area (Å²) in [6.07, 6.45) is 3.84. The lowest BCUT2D eigenvalue weighted by molar-refractivity contribution is 0.172. The highest BCUT2D eigenvalue weighted by molar-refractivity contribution is 9.10. The SMILES string of the molecule is CNCCC1CCN(Cc2ccc(F)cc2Br)CC1. The van der Waals surface area contributed by atoms with Crippen LogP contribution in [0.25, 0.3) is 0 Å². The average Bonchev–Trinajstić information content (AvgIpc) is 2.41. The van der Waals surface area contributed by atoms with Crippen molar-refractivity contribution >= 4 is 15.9 Å². The minimum Gasteiger partial charge on any atom is -0.320 e. The average molecular weight is 329 g/mol. The number of rotatable bonds is 5. The second kappa shape index (κ2) is 7.36. The minimum atomic E-state index is -0.179. The summed E-state index contributed by atoms with van der Waals surface area (Å²) in [6.45, 7) is 4.34. The van der Waals surface area contributed by atoms with E-state index in [-0.39, 0.29) is 5.82 Å². The largest absolute Gasteiger partial charge is 0.320 e. The van der Waals surface area contributed by atoms with Crippen LogP contribution in [0, 0.1) is 11.7 Å². The minimum absolute atomic E-state index is 0.179. The maximum atomic E-state index is 13.0. The molecule has 0 radical (unpaired) electrons. The van der Waals surface area contributed by atoms with Crippen LogP contribution in [0.4, 0.5) is 4.39 Å². The van der Waals surface area contributed by atoms with Crippen molar-refractivity contribution in [2.24, 2.45) is 5.92 Å². The Bertz CT molecular complexity index is 403. The van der Waals surface area contributed by atoms with E-state index in [1.165, 1.54) is 24.8 Å². The molecule has 1 fully saturated rings. The summed E-state index contributed by atoms with van der Waals surface area (Å²) in [4.78, 5) is 2.47. The van der Waals surface area contributed by atoms with Crippen molar-refractivity contribution in [2.75, 3.05) is 26.7 Å². The highest BCUT2D eigenvalue weighted by atomic mass is 79.9. The van der Waals surface area contributed by atoms with Crippen LogP contribution < -0.4 is 5.32 Å². The summed E-state index contributed by atoms with van der Waals surface area (Å²) in [6, 6.07) is 4.97. The van der Waals surface area contributed by atoms with Crippen molar-refractivity contribution in [3.05, 3.63) is 34.1 Å². The first-order chi connectivity index (χ1) is 9.19. The summed E-state index contributed by atoms with van der Waals surface area (Å²) in [5.74, 6) is 0.682. The number of halogens is 2. The van der Waals surface area contributed by atoms with E-state index >= 15 is 0 Å². The van der Waals surface area contributed by atoms with Gasteiger partial charge < -0.3 is 5.32 Å². The molecule has 0 aliphatic carbocycles.